The third kappa shape index (κ3) is 3.63. The van der Waals surface area contributed by atoms with Crippen molar-refractivity contribution in [1.29, 1.82) is 0 Å². The van der Waals surface area contributed by atoms with Gasteiger partial charge in [-0.1, -0.05) is 12.1 Å². The van der Waals surface area contributed by atoms with Gasteiger partial charge >= 0.3 is 0 Å². The van der Waals surface area contributed by atoms with Crippen LogP contribution < -0.4 is 5.32 Å². The fraction of sp³-hybridized carbons (Fsp3) is 0.0588. The molecule has 0 fully saturated rings. The van der Waals surface area contributed by atoms with E-state index in [0.29, 0.717) is 11.4 Å². The van der Waals surface area contributed by atoms with E-state index in [-0.39, 0.29) is 22.8 Å². The SMILES string of the molecule is Cc1cc(NC(=O)c2ccccc2[N+](=O)[O-])n(-c2ccc([N+](=O)[O-])cc2)n1. The minimum absolute atomic E-state index is 0.0758. The minimum Gasteiger partial charge on any atom is -0.306 e. The summed E-state index contributed by atoms with van der Waals surface area (Å²) < 4.78 is 1.39. The smallest absolute Gasteiger partial charge is 0.282 e. The van der Waals surface area contributed by atoms with Crippen LogP contribution in [-0.2, 0) is 0 Å². The first-order chi connectivity index (χ1) is 12.9. The lowest BCUT2D eigenvalue weighted by Gasteiger charge is -2.09. The molecule has 3 rings (SSSR count). The van der Waals surface area contributed by atoms with Crippen LogP contribution in [0.4, 0.5) is 17.2 Å². The predicted octanol–water partition coefficient (Wildman–Crippen LogP) is 3.25. The average Bonchev–Trinajstić information content (AvgIpc) is 3.01. The van der Waals surface area contributed by atoms with Gasteiger partial charge in [0.2, 0.25) is 0 Å². The van der Waals surface area contributed by atoms with E-state index in [4.69, 9.17) is 0 Å². The summed E-state index contributed by atoms with van der Waals surface area (Å²) in [4.78, 5) is 33.3. The van der Waals surface area contributed by atoms with Gasteiger partial charge in [0.15, 0.2) is 0 Å². The van der Waals surface area contributed by atoms with Crippen molar-refractivity contribution in [3.8, 4) is 5.69 Å². The summed E-state index contributed by atoms with van der Waals surface area (Å²) in [6.07, 6.45) is 0. The number of amides is 1. The Balaban J connectivity index is 1.94. The molecule has 1 N–H and O–H groups in total. The Morgan fingerprint density at radius 3 is 2.33 bits per heavy atom. The number of nitrogens with zero attached hydrogens (tertiary/aromatic N) is 4. The van der Waals surface area contributed by atoms with Gasteiger partial charge in [-0.25, -0.2) is 4.68 Å². The van der Waals surface area contributed by atoms with Crippen LogP contribution >= 0.6 is 0 Å². The fourth-order valence-electron chi connectivity index (χ4n) is 2.51. The van der Waals surface area contributed by atoms with E-state index in [1.165, 1.54) is 53.2 Å². The molecule has 0 aliphatic heterocycles. The lowest BCUT2D eigenvalue weighted by Crippen LogP contribution is -2.16. The van der Waals surface area contributed by atoms with Crippen LogP contribution in [0.2, 0.25) is 0 Å². The summed E-state index contributed by atoms with van der Waals surface area (Å²) >= 11 is 0. The number of carbonyl (C=O) groups is 1. The van der Waals surface area contributed by atoms with Crippen LogP contribution in [0.5, 0.6) is 0 Å². The van der Waals surface area contributed by atoms with Crippen LogP contribution in [0, 0.1) is 27.2 Å². The number of aryl methyl sites for hydroxylation is 1. The van der Waals surface area contributed by atoms with Crippen molar-refractivity contribution in [3.05, 3.63) is 86.1 Å². The van der Waals surface area contributed by atoms with E-state index < -0.39 is 15.8 Å². The van der Waals surface area contributed by atoms with Gasteiger partial charge in [-0.2, -0.15) is 5.10 Å². The number of nitro benzene ring substituents is 2. The second kappa shape index (κ2) is 7.04. The molecule has 0 saturated heterocycles. The van der Waals surface area contributed by atoms with Gasteiger partial charge in [-0.15, -0.1) is 0 Å². The van der Waals surface area contributed by atoms with Crippen molar-refractivity contribution in [3.63, 3.8) is 0 Å². The summed E-state index contributed by atoms with van der Waals surface area (Å²) in [5, 5.41) is 28.8. The van der Waals surface area contributed by atoms with E-state index >= 15 is 0 Å². The van der Waals surface area contributed by atoms with Crippen LogP contribution in [0.1, 0.15) is 16.1 Å². The maximum Gasteiger partial charge on any atom is 0.282 e. The third-order valence-corrected chi connectivity index (χ3v) is 3.72. The van der Waals surface area contributed by atoms with Crippen molar-refractivity contribution in [2.45, 2.75) is 6.92 Å². The van der Waals surface area contributed by atoms with Gasteiger partial charge < -0.3 is 5.32 Å². The number of benzene rings is 2. The second-order valence-corrected chi connectivity index (χ2v) is 5.58. The Labute approximate surface area is 152 Å². The molecule has 0 spiro atoms. The van der Waals surface area contributed by atoms with Gasteiger partial charge in [0.1, 0.15) is 11.4 Å². The number of para-hydroxylation sites is 1. The van der Waals surface area contributed by atoms with E-state index in [1.54, 1.807) is 13.0 Å². The molecule has 0 atom stereocenters. The standard InChI is InChI=1S/C17H13N5O5/c1-11-10-16(18-17(23)14-4-2-3-5-15(14)22(26)27)20(19-11)12-6-8-13(9-7-12)21(24)25/h2-10H,1H3,(H,18,23). The number of nitrogens with one attached hydrogen (secondary N) is 1. The molecule has 0 saturated carbocycles. The van der Waals surface area contributed by atoms with E-state index in [2.05, 4.69) is 10.4 Å². The molecule has 10 heteroatoms. The van der Waals surface area contributed by atoms with Crippen molar-refractivity contribution in [1.82, 2.24) is 9.78 Å². The lowest BCUT2D eigenvalue weighted by molar-refractivity contribution is -0.385. The predicted molar refractivity (Wildman–Crippen MR) is 96.0 cm³/mol. The third-order valence-electron chi connectivity index (χ3n) is 3.72. The number of hydrogen-bond acceptors (Lipinski definition) is 6. The van der Waals surface area contributed by atoms with Gasteiger partial charge in [0.25, 0.3) is 17.3 Å². The van der Waals surface area contributed by atoms with Gasteiger partial charge in [-0.05, 0) is 25.1 Å². The Morgan fingerprint density at radius 2 is 1.70 bits per heavy atom. The molecule has 136 valence electrons. The number of nitro groups is 2. The molecule has 0 radical (unpaired) electrons. The Bertz CT molecular complexity index is 1040. The summed E-state index contributed by atoms with van der Waals surface area (Å²) in [5.41, 5.74) is 0.607. The molecule has 27 heavy (non-hydrogen) atoms. The summed E-state index contributed by atoms with van der Waals surface area (Å²) in [6, 6.07) is 12.8. The first kappa shape index (κ1) is 17.7. The minimum atomic E-state index is -0.662. The molecule has 3 aromatic rings. The van der Waals surface area contributed by atoms with Gasteiger partial charge in [0.05, 0.1) is 21.2 Å². The summed E-state index contributed by atoms with van der Waals surface area (Å²) in [5.74, 6) is -0.380. The van der Waals surface area contributed by atoms with Crippen LogP contribution in [0.25, 0.3) is 5.69 Å². The number of carbonyl (C=O) groups excluding carboxylic acids is 1. The zero-order valence-corrected chi connectivity index (χ0v) is 14.0. The lowest BCUT2D eigenvalue weighted by atomic mass is 10.1. The number of non-ortho nitro benzene ring substituents is 1. The zero-order chi connectivity index (χ0) is 19.6. The van der Waals surface area contributed by atoms with Crippen molar-refractivity contribution in [2.24, 2.45) is 0 Å². The van der Waals surface area contributed by atoms with Crippen molar-refractivity contribution < 1.29 is 14.6 Å². The monoisotopic (exact) mass is 367 g/mol. The van der Waals surface area contributed by atoms with Crippen molar-refractivity contribution >= 4 is 23.1 Å². The van der Waals surface area contributed by atoms with E-state index in [1.807, 2.05) is 0 Å². The Morgan fingerprint density at radius 1 is 1.04 bits per heavy atom. The maximum absolute atomic E-state index is 12.5. The number of hydrogen-bond donors (Lipinski definition) is 1. The fourth-order valence-corrected chi connectivity index (χ4v) is 2.51. The second-order valence-electron chi connectivity index (χ2n) is 5.58. The highest BCUT2D eigenvalue weighted by Gasteiger charge is 2.21. The van der Waals surface area contributed by atoms with Crippen LogP contribution in [-0.4, -0.2) is 25.5 Å². The molecule has 0 aliphatic rings. The quantitative estimate of drug-likeness (QED) is 0.543. The van der Waals surface area contributed by atoms with Crippen LogP contribution in [0.3, 0.4) is 0 Å². The summed E-state index contributed by atoms with van der Waals surface area (Å²) in [6.45, 7) is 1.71. The van der Waals surface area contributed by atoms with Crippen LogP contribution in [0.15, 0.2) is 54.6 Å². The molecule has 0 unspecified atom stereocenters. The highest BCUT2D eigenvalue weighted by atomic mass is 16.6. The molecule has 2 aromatic carbocycles. The number of rotatable bonds is 5. The molecular weight excluding hydrogens is 354 g/mol. The number of aromatic nitrogens is 2. The molecular formula is C17H13N5O5. The van der Waals surface area contributed by atoms with Gasteiger partial charge in [-0.3, -0.25) is 25.0 Å². The Hall–Kier alpha value is -4.08. The Kier molecular flexibility index (Phi) is 4.62. The van der Waals surface area contributed by atoms with Gasteiger partial charge in [0, 0.05) is 24.3 Å². The van der Waals surface area contributed by atoms with Crippen molar-refractivity contribution in [2.75, 3.05) is 5.32 Å². The average molecular weight is 367 g/mol. The molecule has 0 bridgehead atoms. The number of anilines is 1. The van der Waals surface area contributed by atoms with E-state index in [0.717, 1.165) is 0 Å². The largest absolute Gasteiger partial charge is 0.306 e. The normalized spacial score (nSPS) is 10.4. The highest BCUT2D eigenvalue weighted by molar-refractivity contribution is 6.06. The summed E-state index contributed by atoms with van der Waals surface area (Å²) in [7, 11) is 0. The first-order valence-corrected chi connectivity index (χ1v) is 7.73. The highest BCUT2D eigenvalue weighted by Crippen LogP contribution is 2.23. The molecule has 0 aliphatic carbocycles. The maximum atomic E-state index is 12.5. The first-order valence-electron chi connectivity index (χ1n) is 7.73. The topological polar surface area (TPSA) is 133 Å². The zero-order valence-electron chi connectivity index (χ0n) is 14.0. The molecule has 1 heterocycles. The molecule has 1 aromatic heterocycles. The molecule has 1 amide bonds. The molecule has 10 nitrogen and oxygen atoms in total. The van der Waals surface area contributed by atoms with E-state index in [9.17, 15) is 25.0 Å².